The molecule has 8 aliphatic carbocycles. The third kappa shape index (κ3) is 9.32. The monoisotopic (exact) mass is 745 g/mol. The van der Waals surface area contributed by atoms with Gasteiger partial charge in [0, 0.05) is 19.3 Å². The van der Waals surface area contributed by atoms with E-state index in [0.717, 1.165) is 69.6 Å². The lowest BCUT2D eigenvalue weighted by molar-refractivity contribution is -0.225. The van der Waals surface area contributed by atoms with Crippen molar-refractivity contribution < 1.29 is 38.4 Å². The number of hydrogen-bond donors (Lipinski definition) is 1. The first-order chi connectivity index (χ1) is 24.5. The van der Waals surface area contributed by atoms with Gasteiger partial charge in [0.2, 0.25) is 0 Å². The number of esters is 3. The maximum absolute atomic E-state index is 12.5. The van der Waals surface area contributed by atoms with E-state index in [0.29, 0.717) is 43.3 Å². The summed E-state index contributed by atoms with van der Waals surface area (Å²) >= 11 is 0. The third-order valence-electron chi connectivity index (χ3n) is 15.6. The van der Waals surface area contributed by atoms with Gasteiger partial charge in [0.05, 0.1) is 35.1 Å². The van der Waals surface area contributed by atoms with Crippen LogP contribution in [0.4, 0.5) is 0 Å². The van der Waals surface area contributed by atoms with Crippen LogP contribution in [0, 0.1) is 51.8 Å². The van der Waals surface area contributed by atoms with E-state index in [1.54, 1.807) is 0 Å². The molecule has 8 nitrogen and oxygen atoms in total. The first kappa shape index (κ1) is 42.5. The Hall–Kier alpha value is -1.67. The minimum Gasteiger partial charge on any atom is -0.459 e. The molecule has 0 radical (unpaired) electrons. The molecule has 304 valence electrons. The molecule has 1 N–H and O–H groups in total. The van der Waals surface area contributed by atoms with Crippen LogP contribution in [-0.4, -0.2) is 58.6 Å². The zero-order chi connectivity index (χ0) is 39.3. The van der Waals surface area contributed by atoms with E-state index >= 15 is 0 Å². The highest BCUT2D eigenvalue weighted by Gasteiger charge is 2.60. The highest BCUT2D eigenvalue weighted by atomic mass is 16.6. The Balaban J connectivity index is 0.000000155. The topological polar surface area (TPSA) is 108 Å². The smallest absolute Gasteiger partial charge is 0.312 e. The molecule has 8 heteroatoms. The van der Waals surface area contributed by atoms with E-state index in [1.807, 2.05) is 62.3 Å². The average Bonchev–Trinajstić information content (AvgIpc) is 3.06. The van der Waals surface area contributed by atoms with Crippen molar-refractivity contribution in [1.82, 2.24) is 0 Å². The summed E-state index contributed by atoms with van der Waals surface area (Å²) in [5, 5.41) is 10.6. The summed E-state index contributed by atoms with van der Waals surface area (Å²) < 4.78 is 23.0. The molecule has 1 heterocycles. The SMILES string of the molecule is CCC(C)(C)C(=O)OC1(C)C2CC3CC(C2)CC1C3.CCC(C)(C)C(=O)OC1(C)CCOCC1.CCC(C)(C)C(=O)OC12CC3CC(CC(O)(C3)C1)C2. The molecule has 9 aliphatic rings. The van der Waals surface area contributed by atoms with Crippen LogP contribution in [0.15, 0.2) is 0 Å². The maximum Gasteiger partial charge on any atom is 0.312 e. The second-order valence-electron chi connectivity index (χ2n) is 21.3. The van der Waals surface area contributed by atoms with Gasteiger partial charge in [-0.2, -0.15) is 0 Å². The van der Waals surface area contributed by atoms with Crippen molar-refractivity contribution in [2.45, 2.75) is 201 Å². The first-order valence-corrected chi connectivity index (χ1v) is 21.5. The third-order valence-corrected chi connectivity index (χ3v) is 15.6. The first-order valence-electron chi connectivity index (χ1n) is 21.5. The average molecular weight is 745 g/mol. The second kappa shape index (κ2) is 15.3. The van der Waals surface area contributed by atoms with Gasteiger partial charge in [-0.3, -0.25) is 14.4 Å². The predicted molar refractivity (Wildman–Crippen MR) is 207 cm³/mol. The van der Waals surface area contributed by atoms with Gasteiger partial charge >= 0.3 is 17.9 Å². The summed E-state index contributed by atoms with van der Waals surface area (Å²) in [4.78, 5) is 36.8. The van der Waals surface area contributed by atoms with E-state index in [1.165, 1.54) is 38.5 Å². The molecule has 8 saturated carbocycles. The summed E-state index contributed by atoms with van der Waals surface area (Å²) in [5.41, 5.74) is -2.52. The van der Waals surface area contributed by atoms with Crippen LogP contribution in [0.2, 0.25) is 0 Å². The van der Waals surface area contributed by atoms with Gasteiger partial charge in [0.1, 0.15) is 16.8 Å². The largest absolute Gasteiger partial charge is 0.459 e. The molecule has 53 heavy (non-hydrogen) atoms. The Morgan fingerprint density at radius 2 is 1.00 bits per heavy atom. The van der Waals surface area contributed by atoms with Gasteiger partial charge < -0.3 is 24.1 Å². The number of rotatable bonds is 9. The van der Waals surface area contributed by atoms with Crippen molar-refractivity contribution in [2.75, 3.05) is 13.2 Å². The number of aliphatic hydroxyl groups is 1. The number of ether oxygens (including phenoxy) is 4. The molecule has 0 aromatic rings. The zero-order valence-electron chi connectivity index (χ0n) is 35.5. The Kier molecular flexibility index (Phi) is 12.3. The van der Waals surface area contributed by atoms with Crippen molar-refractivity contribution in [3.63, 3.8) is 0 Å². The van der Waals surface area contributed by atoms with Crippen LogP contribution in [0.5, 0.6) is 0 Å². The molecule has 9 rings (SSSR count). The van der Waals surface area contributed by atoms with E-state index in [9.17, 15) is 19.5 Å². The predicted octanol–water partition coefficient (Wildman–Crippen LogP) is 9.76. The minimum atomic E-state index is -0.555. The van der Waals surface area contributed by atoms with Crippen LogP contribution in [0.3, 0.4) is 0 Å². The van der Waals surface area contributed by atoms with Crippen molar-refractivity contribution in [3.05, 3.63) is 0 Å². The van der Waals surface area contributed by atoms with Crippen molar-refractivity contribution in [1.29, 1.82) is 0 Å². The highest BCUT2D eigenvalue weighted by molar-refractivity contribution is 5.77. The normalized spacial score (nSPS) is 37.8. The van der Waals surface area contributed by atoms with Gasteiger partial charge in [-0.25, -0.2) is 0 Å². The molecule has 0 amide bonds. The van der Waals surface area contributed by atoms with Crippen LogP contribution in [-0.2, 0) is 33.3 Å². The molecular formula is C45H76O8. The van der Waals surface area contributed by atoms with E-state index in [-0.39, 0.29) is 45.5 Å². The molecule has 1 aliphatic heterocycles. The number of carbonyl (C=O) groups is 3. The van der Waals surface area contributed by atoms with Crippen molar-refractivity contribution in [3.8, 4) is 0 Å². The zero-order valence-corrected chi connectivity index (χ0v) is 35.5. The fraction of sp³-hybridized carbons (Fsp3) is 0.933. The van der Waals surface area contributed by atoms with Crippen LogP contribution in [0.25, 0.3) is 0 Å². The summed E-state index contributed by atoms with van der Waals surface area (Å²) in [5.74, 6) is 4.06. The van der Waals surface area contributed by atoms with Gasteiger partial charge in [0.25, 0.3) is 0 Å². The summed E-state index contributed by atoms with van der Waals surface area (Å²) in [6.07, 6.45) is 16.3. The van der Waals surface area contributed by atoms with Gasteiger partial charge in [-0.15, -0.1) is 0 Å². The molecule has 8 bridgehead atoms. The Bertz CT molecular complexity index is 1280. The molecule has 0 aromatic carbocycles. The van der Waals surface area contributed by atoms with E-state index < -0.39 is 11.0 Å². The second-order valence-corrected chi connectivity index (χ2v) is 21.3. The lowest BCUT2D eigenvalue weighted by Gasteiger charge is -2.59. The maximum atomic E-state index is 12.5. The Morgan fingerprint density at radius 3 is 1.42 bits per heavy atom. The molecule has 9 fully saturated rings. The Morgan fingerprint density at radius 1 is 0.604 bits per heavy atom. The fourth-order valence-electron chi connectivity index (χ4n) is 10.9. The van der Waals surface area contributed by atoms with Gasteiger partial charge in [-0.1, -0.05) is 20.8 Å². The fourth-order valence-corrected chi connectivity index (χ4v) is 10.9. The van der Waals surface area contributed by atoms with Gasteiger partial charge in [0.15, 0.2) is 0 Å². The molecule has 0 aromatic heterocycles. The lowest BCUT2D eigenvalue weighted by atomic mass is 9.50. The minimum absolute atomic E-state index is 0.0185. The quantitative estimate of drug-likeness (QED) is 0.184. The van der Waals surface area contributed by atoms with Crippen molar-refractivity contribution >= 4 is 17.9 Å². The van der Waals surface area contributed by atoms with Crippen LogP contribution >= 0.6 is 0 Å². The highest BCUT2D eigenvalue weighted by Crippen LogP contribution is 2.60. The Labute approximate surface area is 322 Å². The van der Waals surface area contributed by atoms with E-state index in [2.05, 4.69) is 13.8 Å². The van der Waals surface area contributed by atoms with Crippen LogP contribution in [0.1, 0.15) is 179 Å². The molecule has 2 atom stereocenters. The lowest BCUT2D eigenvalue weighted by Crippen LogP contribution is -2.61. The molecular weight excluding hydrogens is 668 g/mol. The van der Waals surface area contributed by atoms with Gasteiger partial charge in [-0.05, 0) is 174 Å². The summed E-state index contributed by atoms with van der Waals surface area (Å²) in [6, 6.07) is 0. The molecule has 1 saturated heterocycles. The van der Waals surface area contributed by atoms with E-state index in [4.69, 9.17) is 18.9 Å². The summed E-state index contributed by atoms with van der Waals surface area (Å²) in [7, 11) is 0. The molecule has 2 unspecified atom stereocenters. The standard InChI is InChI=1S/C17H28O2.C16H26O3.C12H22O3/c1-5-16(2,3)15(18)19-17(4)13-7-11-6-12(9-13)10-14(17)8-11;1-4-14(2,3)13(17)19-16-8-11-5-12(9-16)7-15(18,6-11)10-16;1-5-11(2,3)10(13)15-12(4)6-8-14-9-7-12/h11-14H,5-10H2,1-4H3;11-12,18H,4-10H2,1-3H3;5-9H2,1-4H3. The van der Waals surface area contributed by atoms with Crippen molar-refractivity contribution in [2.24, 2.45) is 51.8 Å². The number of carbonyl (C=O) groups excluding carboxylic acids is 3. The summed E-state index contributed by atoms with van der Waals surface area (Å²) in [6.45, 7) is 23.5. The number of hydrogen-bond acceptors (Lipinski definition) is 8. The van der Waals surface area contributed by atoms with Crippen LogP contribution < -0.4 is 0 Å². The molecule has 0 spiro atoms.